The molecule has 148 valence electrons. The molecule has 2 aliphatic heterocycles. The van der Waals surface area contributed by atoms with Crippen LogP contribution in [0.4, 0.5) is 17.3 Å². The molecule has 6 heteroatoms. The summed E-state index contributed by atoms with van der Waals surface area (Å²) in [6.07, 6.45) is 7.89. The van der Waals surface area contributed by atoms with Gasteiger partial charge in [-0.1, -0.05) is 6.92 Å². The summed E-state index contributed by atoms with van der Waals surface area (Å²) in [7, 11) is 0. The number of nitrogens with zero attached hydrogens (tertiary/aromatic N) is 4. The largest absolute Gasteiger partial charge is 0.372 e. The number of carbonyl (C=O) groups is 1. The number of carbonyl (C=O) groups excluding carboxylic acids is 1. The lowest BCUT2D eigenvalue weighted by Gasteiger charge is -2.30. The second-order valence-corrected chi connectivity index (χ2v) is 7.98. The number of nitrogens with one attached hydrogen (secondary N) is 1. The molecule has 1 aromatic heterocycles. The van der Waals surface area contributed by atoms with Crippen molar-refractivity contribution in [2.24, 2.45) is 5.92 Å². The molecular formula is C22H29N5O. The number of amides is 1. The molecule has 2 aromatic rings. The molecule has 1 unspecified atom stereocenters. The van der Waals surface area contributed by atoms with E-state index in [1.807, 2.05) is 12.1 Å². The molecule has 2 fully saturated rings. The summed E-state index contributed by atoms with van der Waals surface area (Å²) < 4.78 is 0. The maximum Gasteiger partial charge on any atom is 0.274 e. The van der Waals surface area contributed by atoms with Crippen LogP contribution in [0.3, 0.4) is 0 Å². The Kier molecular flexibility index (Phi) is 5.74. The molecule has 2 saturated heterocycles. The third-order valence-electron chi connectivity index (χ3n) is 5.66. The van der Waals surface area contributed by atoms with Crippen LogP contribution < -0.4 is 15.1 Å². The smallest absolute Gasteiger partial charge is 0.274 e. The van der Waals surface area contributed by atoms with Crippen molar-refractivity contribution in [3.05, 3.63) is 42.2 Å². The zero-order valence-electron chi connectivity index (χ0n) is 16.6. The third-order valence-corrected chi connectivity index (χ3v) is 5.66. The summed E-state index contributed by atoms with van der Waals surface area (Å²) in [5, 5.41) is 2.96. The van der Waals surface area contributed by atoms with Crippen molar-refractivity contribution in [3.63, 3.8) is 0 Å². The average molecular weight is 380 g/mol. The van der Waals surface area contributed by atoms with Crippen LogP contribution in [0.2, 0.25) is 0 Å². The van der Waals surface area contributed by atoms with E-state index in [1.165, 1.54) is 31.4 Å². The first-order chi connectivity index (χ1) is 13.7. The molecule has 1 amide bonds. The topological polar surface area (TPSA) is 61.4 Å². The van der Waals surface area contributed by atoms with Gasteiger partial charge in [-0.15, -0.1) is 0 Å². The fourth-order valence-corrected chi connectivity index (χ4v) is 4.10. The van der Waals surface area contributed by atoms with Gasteiger partial charge in [0.1, 0.15) is 5.69 Å². The normalized spacial score (nSPS) is 20.1. The van der Waals surface area contributed by atoms with Gasteiger partial charge in [-0.3, -0.25) is 4.79 Å². The zero-order valence-corrected chi connectivity index (χ0v) is 16.6. The van der Waals surface area contributed by atoms with Crippen molar-refractivity contribution in [2.45, 2.75) is 39.0 Å². The Hall–Kier alpha value is -2.63. The van der Waals surface area contributed by atoms with Crippen LogP contribution in [-0.2, 0) is 0 Å². The molecule has 2 aliphatic rings. The number of benzene rings is 1. The number of hydrogen-bond donors (Lipinski definition) is 1. The monoisotopic (exact) mass is 379 g/mol. The van der Waals surface area contributed by atoms with Crippen LogP contribution in [0.1, 0.15) is 49.5 Å². The van der Waals surface area contributed by atoms with E-state index in [0.29, 0.717) is 17.6 Å². The molecule has 1 atom stereocenters. The van der Waals surface area contributed by atoms with Gasteiger partial charge < -0.3 is 15.1 Å². The molecule has 0 spiro atoms. The van der Waals surface area contributed by atoms with Crippen molar-refractivity contribution in [2.75, 3.05) is 41.3 Å². The number of hydrogen-bond acceptors (Lipinski definition) is 5. The first-order valence-corrected chi connectivity index (χ1v) is 10.4. The van der Waals surface area contributed by atoms with Crippen molar-refractivity contribution < 1.29 is 4.79 Å². The van der Waals surface area contributed by atoms with Gasteiger partial charge in [0.15, 0.2) is 0 Å². The van der Waals surface area contributed by atoms with Crippen molar-refractivity contribution >= 4 is 23.2 Å². The summed E-state index contributed by atoms with van der Waals surface area (Å²) >= 11 is 0. The molecule has 1 N–H and O–H groups in total. The maximum atomic E-state index is 12.7. The SMILES string of the molecule is CC1CCCN(c2nccc(C(=O)Nc3ccc(N4CCCCC4)cc3)n2)C1. The molecule has 0 aliphatic carbocycles. The van der Waals surface area contributed by atoms with Gasteiger partial charge in [0.05, 0.1) is 0 Å². The summed E-state index contributed by atoms with van der Waals surface area (Å²) in [5.41, 5.74) is 2.42. The van der Waals surface area contributed by atoms with E-state index in [4.69, 9.17) is 0 Å². The first-order valence-electron chi connectivity index (χ1n) is 10.4. The van der Waals surface area contributed by atoms with Crippen LogP contribution in [0.5, 0.6) is 0 Å². The molecule has 6 nitrogen and oxygen atoms in total. The molecular weight excluding hydrogens is 350 g/mol. The lowest BCUT2D eigenvalue weighted by atomic mass is 10.0. The van der Waals surface area contributed by atoms with Gasteiger partial charge in [0.25, 0.3) is 5.91 Å². The maximum absolute atomic E-state index is 12.7. The number of rotatable bonds is 4. The van der Waals surface area contributed by atoms with Crippen LogP contribution in [0.25, 0.3) is 0 Å². The highest BCUT2D eigenvalue weighted by atomic mass is 16.1. The van der Waals surface area contributed by atoms with Crippen LogP contribution >= 0.6 is 0 Å². The van der Waals surface area contributed by atoms with Gasteiger partial charge in [-0.2, -0.15) is 0 Å². The Balaban J connectivity index is 1.41. The Morgan fingerprint density at radius 3 is 2.50 bits per heavy atom. The standard InChI is InChI=1S/C22H29N5O/c1-17-6-5-15-27(16-17)22-23-12-11-20(25-22)21(28)24-18-7-9-19(10-8-18)26-13-3-2-4-14-26/h7-12,17H,2-6,13-16H2,1H3,(H,24,28). The summed E-state index contributed by atoms with van der Waals surface area (Å²) in [6.45, 7) is 6.38. The third kappa shape index (κ3) is 4.43. The van der Waals surface area contributed by atoms with Gasteiger partial charge in [-0.05, 0) is 68.4 Å². The molecule has 4 rings (SSSR count). The minimum atomic E-state index is -0.195. The number of piperidine rings is 2. The minimum absolute atomic E-state index is 0.195. The number of anilines is 3. The molecule has 3 heterocycles. The molecule has 0 bridgehead atoms. The van der Waals surface area contributed by atoms with E-state index in [1.54, 1.807) is 12.3 Å². The highest BCUT2D eigenvalue weighted by molar-refractivity contribution is 6.03. The Morgan fingerprint density at radius 1 is 1.00 bits per heavy atom. The molecule has 1 aromatic carbocycles. The highest BCUT2D eigenvalue weighted by Gasteiger charge is 2.20. The Bertz CT molecular complexity index is 801. The van der Waals surface area contributed by atoms with Gasteiger partial charge in [-0.25, -0.2) is 9.97 Å². The summed E-state index contributed by atoms with van der Waals surface area (Å²) in [4.78, 5) is 26.1. The predicted molar refractivity (Wildman–Crippen MR) is 113 cm³/mol. The molecule has 28 heavy (non-hydrogen) atoms. The van der Waals surface area contributed by atoms with E-state index >= 15 is 0 Å². The first kappa shape index (κ1) is 18.7. The second-order valence-electron chi connectivity index (χ2n) is 7.98. The fraction of sp³-hybridized carbons (Fsp3) is 0.500. The lowest BCUT2D eigenvalue weighted by molar-refractivity contribution is 0.102. The van der Waals surface area contributed by atoms with Gasteiger partial charge >= 0.3 is 0 Å². The predicted octanol–water partition coefficient (Wildman–Crippen LogP) is 3.96. The van der Waals surface area contributed by atoms with Crippen LogP contribution in [0, 0.1) is 5.92 Å². The van der Waals surface area contributed by atoms with E-state index in [-0.39, 0.29) is 5.91 Å². The van der Waals surface area contributed by atoms with Gasteiger partial charge in [0.2, 0.25) is 5.95 Å². The summed E-state index contributed by atoms with van der Waals surface area (Å²) in [5.74, 6) is 1.09. The van der Waals surface area contributed by atoms with E-state index < -0.39 is 0 Å². The average Bonchev–Trinajstić information content (AvgIpc) is 2.75. The molecule has 0 saturated carbocycles. The second kappa shape index (κ2) is 8.59. The van der Waals surface area contributed by atoms with E-state index in [0.717, 1.165) is 38.3 Å². The Morgan fingerprint density at radius 2 is 1.75 bits per heavy atom. The van der Waals surface area contributed by atoms with Gasteiger partial charge in [0, 0.05) is 43.8 Å². The summed E-state index contributed by atoms with van der Waals surface area (Å²) in [6, 6.07) is 9.78. The number of aromatic nitrogens is 2. The van der Waals surface area contributed by atoms with Crippen LogP contribution in [-0.4, -0.2) is 42.1 Å². The van der Waals surface area contributed by atoms with Crippen molar-refractivity contribution in [1.82, 2.24) is 9.97 Å². The fourth-order valence-electron chi connectivity index (χ4n) is 4.10. The highest BCUT2D eigenvalue weighted by Crippen LogP contribution is 2.23. The zero-order chi connectivity index (χ0) is 19.3. The van der Waals surface area contributed by atoms with E-state index in [9.17, 15) is 4.79 Å². The minimum Gasteiger partial charge on any atom is -0.372 e. The van der Waals surface area contributed by atoms with Crippen molar-refractivity contribution in [3.8, 4) is 0 Å². The molecule has 0 radical (unpaired) electrons. The quantitative estimate of drug-likeness (QED) is 0.871. The van der Waals surface area contributed by atoms with Crippen LogP contribution in [0.15, 0.2) is 36.5 Å². The van der Waals surface area contributed by atoms with Crippen molar-refractivity contribution in [1.29, 1.82) is 0 Å². The Labute approximate surface area is 167 Å². The van der Waals surface area contributed by atoms with E-state index in [2.05, 4.69) is 44.1 Å². The lowest BCUT2D eigenvalue weighted by Crippen LogP contribution is -2.35.